The zero-order valence-corrected chi connectivity index (χ0v) is 20.6. The van der Waals surface area contributed by atoms with Crippen LogP contribution in [0, 0.1) is 24.7 Å². The number of nitrogens with zero attached hydrogens (tertiary/aromatic N) is 4. The molecule has 2 aromatic heterocycles. The van der Waals surface area contributed by atoms with Gasteiger partial charge in [0.1, 0.15) is 5.69 Å². The summed E-state index contributed by atoms with van der Waals surface area (Å²) in [5.74, 6) is 5.56. The lowest BCUT2D eigenvalue weighted by Crippen LogP contribution is -2.14. The normalized spacial score (nSPS) is 12.8. The Bertz CT molecular complexity index is 1600. The number of aromatic nitrogens is 4. The van der Waals surface area contributed by atoms with Gasteiger partial charge in [0.25, 0.3) is 5.91 Å². The third-order valence-corrected chi connectivity index (χ3v) is 5.98. The molecule has 0 aliphatic heterocycles. The standard InChI is InChI=1S/C28H21F3N6O2/c1-17-2-3-20(10-19(17)6-7-22-14-34-25(15-33-22)36-26(38)18-4-5-18)27(39)35-23-11-21(28(29,30)31)12-24(13-23)37-9-8-32-16-37/h2-3,8-16,18H,4-5H2,1H3,(H,35,39)(H,34,36,38). The van der Waals surface area contributed by atoms with Crippen molar-refractivity contribution in [3.8, 4) is 17.5 Å². The molecule has 1 aliphatic carbocycles. The molecule has 8 nitrogen and oxygen atoms in total. The Morgan fingerprint density at radius 3 is 2.51 bits per heavy atom. The van der Waals surface area contributed by atoms with Crippen LogP contribution in [0.25, 0.3) is 5.69 Å². The van der Waals surface area contributed by atoms with Gasteiger partial charge in [0.15, 0.2) is 5.82 Å². The number of alkyl halides is 3. The molecule has 0 spiro atoms. The van der Waals surface area contributed by atoms with Crippen LogP contribution in [-0.2, 0) is 11.0 Å². The lowest BCUT2D eigenvalue weighted by atomic mass is 10.0. The SMILES string of the molecule is Cc1ccc(C(=O)Nc2cc(-n3ccnc3)cc(C(F)(F)F)c2)cc1C#Cc1cnc(NC(=O)C2CC2)cn1. The van der Waals surface area contributed by atoms with Gasteiger partial charge in [-0.25, -0.2) is 15.0 Å². The van der Waals surface area contributed by atoms with Crippen molar-refractivity contribution in [3.05, 3.63) is 95.5 Å². The van der Waals surface area contributed by atoms with E-state index in [-0.39, 0.29) is 28.8 Å². The zero-order chi connectivity index (χ0) is 27.6. The Kier molecular flexibility index (Phi) is 6.85. The Labute approximate surface area is 221 Å². The molecule has 2 aromatic carbocycles. The molecule has 0 atom stereocenters. The van der Waals surface area contributed by atoms with E-state index in [1.807, 2.05) is 6.92 Å². The summed E-state index contributed by atoms with van der Waals surface area (Å²) in [6.45, 7) is 1.82. The monoisotopic (exact) mass is 530 g/mol. The molecule has 0 saturated heterocycles. The number of anilines is 2. The smallest absolute Gasteiger partial charge is 0.322 e. The van der Waals surface area contributed by atoms with E-state index in [0.29, 0.717) is 17.1 Å². The first-order valence-corrected chi connectivity index (χ1v) is 11.9. The van der Waals surface area contributed by atoms with Gasteiger partial charge in [-0.05, 0) is 61.6 Å². The molecule has 2 heterocycles. The van der Waals surface area contributed by atoms with Gasteiger partial charge in [-0.1, -0.05) is 12.0 Å². The number of halogens is 3. The van der Waals surface area contributed by atoms with Gasteiger partial charge < -0.3 is 15.2 Å². The van der Waals surface area contributed by atoms with Crippen LogP contribution in [0.3, 0.4) is 0 Å². The predicted molar refractivity (Wildman–Crippen MR) is 137 cm³/mol. The Balaban J connectivity index is 1.34. The van der Waals surface area contributed by atoms with Crippen LogP contribution >= 0.6 is 0 Å². The summed E-state index contributed by atoms with van der Waals surface area (Å²) < 4.78 is 41.9. The highest BCUT2D eigenvalue weighted by Gasteiger charge is 2.32. The summed E-state index contributed by atoms with van der Waals surface area (Å²) in [5.41, 5.74) is 1.20. The summed E-state index contributed by atoms with van der Waals surface area (Å²) in [5, 5.41) is 5.25. The molecule has 1 fully saturated rings. The van der Waals surface area contributed by atoms with Gasteiger partial charge in [0, 0.05) is 40.8 Å². The van der Waals surface area contributed by atoms with Gasteiger partial charge in [-0.3, -0.25) is 9.59 Å². The van der Waals surface area contributed by atoms with E-state index in [4.69, 9.17) is 0 Å². The van der Waals surface area contributed by atoms with Gasteiger partial charge in [0.05, 0.1) is 24.3 Å². The molecule has 4 aromatic rings. The fourth-order valence-electron chi connectivity index (χ4n) is 3.67. The summed E-state index contributed by atoms with van der Waals surface area (Å²) >= 11 is 0. The average molecular weight is 531 g/mol. The second-order valence-electron chi connectivity index (χ2n) is 9.02. The molecule has 5 rings (SSSR count). The second kappa shape index (κ2) is 10.4. The lowest BCUT2D eigenvalue weighted by Gasteiger charge is -2.14. The van der Waals surface area contributed by atoms with Crippen LogP contribution in [0.15, 0.2) is 67.5 Å². The number of benzene rings is 2. The van der Waals surface area contributed by atoms with Gasteiger partial charge in [-0.15, -0.1) is 0 Å². The average Bonchev–Trinajstić information content (AvgIpc) is 3.62. The molecule has 0 unspecified atom stereocenters. The van der Waals surface area contributed by atoms with Gasteiger partial charge in [0.2, 0.25) is 5.91 Å². The number of imidazole rings is 1. The van der Waals surface area contributed by atoms with Crippen molar-refractivity contribution in [2.24, 2.45) is 5.92 Å². The van der Waals surface area contributed by atoms with E-state index in [2.05, 4.69) is 37.4 Å². The summed E-state index contributed by atoms with van der Waals surface area (Å²) in [6.07, 6.45) is 4.34. The minimum Gasteiger partial charge on any atom is -0.322 e. The molecule has 39 heavy (non-hydrogen) atoms. The molecule has 11 heteroatoms. The Morgan fingerprint density at radius 2 is 1.85 bits per heavy atom. The van der Waals surface area contributed by atoms with Crippen LogP contribution in [0.5, 0.6) is 0 Å². The van der Waals surface area contributed by atoms with Crippen molar-refractivity contribution < 1.29 is 22.8 Å². The summed E-state index contributed by atoms with van der Waals surface area (Å²) in [4.78, 5) is 37.0. The number of hydrogen-bond acceptors (Lipinski definition) is 5. The summed E-state index contributed by atoms with van der Waals surface area (Å²) in [6, 6.07) is 8.11. The molecule has 0 radical (unpaired) electrons. The number of rotatable bonds is 5. The number of carbonyl (C=O) groups is 2. The fraction of sp³-hybridized carbons (Fsp3) is 0.179. The van der Waals surface area contributed by atoms with Crippen LogP contribution in [0.2, 0.25) is 0 Å². The highest BCUT2D eigenvalue weighted by molar-refractivity contribution is 6.04. The number of hydrogen-bond donors (Lipinski definition) is 2. The van der Waals surface area contributed by atoms with E-state index < -0.39 is 17.6 Å². The maximum absolute atomic E-state index is 13.5. The summed E-state index contributed by atoms with van der Waals surface area (Å²) in [7, 11) is 0. The van der Waals surface area contributed by atoms with E-state index in [1.54, 1.807) is 18.2 Å². The zero-order valence-electron chi connectivity index (χ0n) is 20.6. The topological polar surface area (TPSA) is 102 Å². The third-order valence-electron chi connectivity index (χ3n) is 5.98. The van der Waals surface area contributed by atoms with Crippen LogP contribution < -0.4 is 10.6 Å². The van der Waals surface area contributed by atoms with Gasteiger partial charge in [-0.2, -0.15) is 13.2 Å². The first-order valence-electron chi connectivity index (χ1n) is 11.9. The first-order chi connectivity index (χ1) is 18.7. The van der Waals surface area contributed by atoms with Crippen LogP contribution in [0.1, 0.15) is 45.6 Å². The maximum atomic E-state index is 13.5. The van der Waals surface area contributed by atoms with E-state index in [9.17, 15) is 22.8 Å². The van der Waals surface area contributed by atoms with Crippen molar-refractivity contribution in [1.82, 2.24) is 19.5 Å². The largest absolute Gasteiger partial charge is 0.416 e. The highest BCUT2D eigenvalue weighted by atomic mass is 19.4. The lowest BCUT2D eigenvalue weighted by molar-refractivity contribution is -0.137. The van der Waals surface area contributed by atoms with Crippen molar-refractivity contribution in [3.63, 3.8) is 0 Å². The molecule has 0 bridgehead atoms. The fourth-order valence-corrected chi connectivity index (χ4v) is 3.67. The molecular weight excluding hydrogens is 509 g/mol. The predicted octanol–water partition coefficient (Wildman–Crippen LogP) is 4.99. The molecular formula is C28H21F3N6O2. The van der Waals surface area contributed by atoms with Crippen molar-refractivity contribution in [2.75, 3.05) is 10.6 Å². The molecule has 196 valence electrons. The second-order valence-corrected chi connectivity index (χ2v) is 9.02. The highest BCUT2D eigenvalue weighted by Crippen LogP contribution is 2.33. The number of nitrogens with one attached hydrogen (secondary N) is 2. The quantitative estimate of drug-likeness (QED) is 0.354. The Hall–Kier alpha value is -4.98. The molecule has 1 saturated carbocycles. The first kappa shape index (κ1) is 25.7. The number of carbonyl (C=O) groups excluding carboxylic acids is 2. The van der Waals surface area contributed by atoms with Crippen molar-refractivity contribution in [2.45, 2.75) is 25.9 Å². The number of aryl methyl sites for hydroxylation is 1. The Morgan fingerprint density at radius 1 is 1.03 bits per heavy atom. The third kappa shape index (κ3) is 6.30. The van der Waals surface area contributed by atoms with Crippen molar-refractivity contribution in [1.29, 1.82) is 0 Å². The van der Waals surface area contributed by atoms with E-state index in [1.165, 1.54) is 41.7 Å². The number of amides is 2. The molecule has 2 N–H and O–H groups in total. The minimum absolute atomic E-state index is 0.0177. The van der Waals surface area contributed by atoms with Gasteiger partial charge >= 0.3 is 6.18 Å². The van der Waals surface area contributed by atoms with Crippen LogP contribution in [-0.4, -0.2) is 31.3 Å². The van der Waals surface area contributed by atoms with E-state index in [0.717, 1.165) is 30.5 Å². The molecule has 1 aliphatic rings. The van der Waals surface area contributed by atoms with E-state index >= 15 is 0 Å². The van der Waals surface area contributed by atoms with Crippen LogP contribution in [0.4, 0.5) is 24.7 Å². The molecule has 2 amide bonds. The maximum Gasteiger partial charge on any atom is 0.416 e. The minimum atomic E-state index is -4.60. The van der Waals surface area contributed by atoms with Crippen molar-refractivity contribution >= 4 is 23.3 Å².